The maximum atomic E-state index is 5.07. The Balaban J connectivity index is 1.17. The van der Waals surface area contributed by atoms with Crippen LogP contribution >= 0.6 is 0 Å². The molecule has 0 unspecified atom stereocenters. The highest BCUT2D eigenvalue weighted by atomic mass is 15.0. The van der Waals surface area contributed by atoms with E-state index in [9.17, 15) is 0 Å². The lowest BCUT2D eigenvalue weighted by atomic mass is 9.43. The molecule has 0 atom stereocenters. The molecule has 292 valence electrons. The molecule has 1 aromatic heterocycles. The molecule has 0 amide bonds. The average Bonchev–Trinajstić information content (AvgIpc) is 3.37. The van der Waals surface area contributed by atoms with Crippen molar-refractivity contribution in [1.29, 1.82) is 0 Å². The van der Waals surface area contributed by atoms with Gasteiger partial charge in [-0.25, -0.2) is 15.0 Å². The molecule has 0 spiro atoms. The molecule has 0 aliphatic heterocycles. The highest BCUT2D eigenvalue weighted by Gasteiger charge is 2.61. The number of aromatic nitrogens is 3. The normalized spacial score (nSPS) is 13.4. The molecule has 11 rings (SSSR count). The van der Waals surface area contributed by atoms with E-state index in [0.717, 1.165) is 27.8 Å². The monoisotopic (exact) mass is 791 g/mol. The van der Waals surface area contributed by atoms with Gasteiger partial charge < -0.3 is 0 Å². The zero-order valence-corrected chi connectivity index (χ0v) is 34.0. The second-order valence-corrected chi connectivity index (χ2v) is 15.9. The molecular weight excluding hydrogens is 751 g/mol. The third kappa shape index (κ3) is 5.93. The lowest BCUT2D eigenvalue weighted by molar-refractivity contribution is 0.415. The zero-order chi connectivity index (χ0) is 41.4. The quantitative estimate of drug-likeness (QED) is 0.154. The maximum absolute atomic E-state index is 5.07. The largest absolute Gasteiger partial charge is 0.208 e. The summed E-state index contributed by atoms with van der Waals surface area (Å²) in [6, 6.07) is 89.7. The molecule has 3 nitrogen and oxygen atoms in total. The maximum Gasteiger partial charge on any atom is 0.164 e. The van der Waals surface area contributed by atoms with E-state index in [1.54, 1.807) is 0 Å². The number of hydrogen-bond donors (Lipinski definition) is 0. The minimum absolute atomic E-state index is 0.630. The van der Waals surface area contributed by atoms with Gasteiger partial charge in [-0.1, -0.05) is 237 Å². The molecule has 1 aliphatic rings. The summed E-state index contributed by atoms with van der Waals surface area (Å²) in [4.78, 5) is 15.1. The van der Waals surface area contributed by atoms with Crippen LogP contribution in [0, 0.1) is 0 Å². The summed E-state index contributed by atoms with van der Waals surface area (Å²) in [5.41, 5.74) is 13.5. The Morgan fingerprint density at radius 1 is 0.226 bits per heavy atom. The van der Waals surface area contributed by atoms with E-state index < -0.39 is 10.8 Å². The van der Waals surface area contributed by atoms with Gasteiger partial charge in [-0.2, -0.15) is 0 Å². The Hall–Kier alpha value is -8.01. The summed E-state index contributed by atoms with van der Waals surface area (Å²) in [5.74, 6) is 1.91. The van der Waals surface area contributed by atoms with Crippen LogP contribution in [0.2, 0.25) is 0 Å². The Bertz CT molecular complexity index is 3010. The van der Waals surface area contributed by atoms with Crippen molar-refractivity contribution in [2.24, 2.45) is 0 Å². The van der Waals surface area contributed by atoms with Crippen LogP contribution in [-0.2, 0) is 10.8 Å². The number of rotatable bonds is 8. The summed E-state index contributed by atoms with van der Waals surface area (Å²) >= 11 is 0. The summed E-state index contributed by atoms with van der Waals surface area (Å²) < 4.78 is 0. The smallest absolute Gasteiger partial charge is 0.164 e. The van der Waals surface area contributed by atoms with Crippen molar-refractivity contribution in [3.63, 3.8) is 0 Å². The third-order valence-electron chi connectivity index (χ3n) is 12.6. The number of fused-ring (bicyclic) bond motifs is 3. The van der Waals surface area contributed by atoms with Crippen molar-refractivity contribution in [3.05, 3.63) is 282 Å². The van der Waals surface area contributed by atoms with Crippen molar-refractivity contribution < 1.29 is 0 Å². The molecule has 3 heteroatoms. The highest BCUT2D eigenvalue weighted by Crippen LogP contribution is 2.65. The van der Waals surface area contributed by atoms with Crippen LogP contribution in [0.25, 0.3) is 56.4 Å². The predicted octanol–water partition coefficient (Wildman–Crippen LogP) is 13.9. The fraction of sp³-hybridized carbons (Fsp3) is 0.0339. The molecule has 0 radical (unpaired) electrons. The van der Waals surface area contributed by atoms with E-state index in [0.29, 0.717) is 17.5 Å². The molecule has 0 fully saturated rings. The summed E-state index contributed by atoms with van der Waals surface area (Å²) in [5, 5.41) is 0. The standard InChI is InChI=1S/C59H41N3/c1-7-22-42(23-8-1)55-60-56(43-24-9-2-10-25-43)62-57(61-55)46-27-21-26-44(40-46)45-38-39-54-52(41-45)51-36-19-20-37-53(51)58(47-28-11-3-12-29-47,48-30-13-4-14-31-48)59(54,49-32-15-5-16-33-49)50-34-17-6-18-35-50/h1-41H. The SMILES string of the molecule is c1ccc(-c2nc(-c3ccccc3)nc(-c3cccc(-c4ccc5c(c4)-c4ccccc4C(c4ccccc4)(c4ccccc4)C5(c4ccccc4)c4ccccc4)c3)n2)cc1. The van der Waals surface area contributed by atoms with Gasteiger partial charge in [0.15, 0.2) is 17.5 Å². The predicted molar refractivity (Wildman–Crippen MR) is 253 cm³/mol. The molecule has 9 aromatic carbocycles. The fourth-order valence-electron chi connectivity index (χ4n) is 10.1. The molecule has 0 saturated carbocycles. The molecule has 62 heavy (non-hydrogen) atoms. The summed E-state index contributed by atoms with van der Waals surface area (Å²) in [6.45, 7) is 0. The molecule has 0 saturated heterocycles. The zero-order valence-electron chi connectivity index (χ0n) is 34.0. The Morgan fingerprint density at radius 2 is 0.565 bits per heavy atom. The van der Waals surface area contributed by atoms with E-state index in [-0.39, 0.29) is 0 Å². The fourth-order valence-corrected chi connectivity index (χ4v) is 10.1. The first-order chi connectivity index (χ1) is 30.7. The van der Waals surface area contributed by atoms with Crippen molar-refractivity contribution in [2.75, 3.05) is 0 Å². The summed E-state index contributed by atoms with van der Waals surface area (Å²) in [7, 11) is 0. The second kappa shape index (κ2) is 15.5. The van der Waals surface area contributed by atoms with Crippen LogP contribution in [0.3, 0.4) is 0 Å². The number of nitrogens with zero attached hydrogens (tertiary/aromatic N) is 3. The van der Waals surface area contributed by atoms with Crippen LogP contribution in [0.5, 0.6) is 0 Å². The van der Waals surface area contributed by atoms with Gasteiger partial charge in [-0.05, 0) is 67.8 Å². The van der Waals surface area contributed by atoms with Crippen LogP contribution in [0.4, 0.5) is 0 Å². The van der Waals surface area contributed by atoms with Crippen molar-refractivity contribution >= 4 is 0 Å². The van der Waals surface area contributed by atoms with E-state index in [4.69, 9.17) is 15.0 Å². The number of hydrogen-bond acceptors (Lipinski definition) is 3. The van der Waals surface area contributed by atoms with Crippen molar-refractivity contribution in [3.8, 4) is 56.4 Å². The van der Waals surface area contributed by atoms with Gasteiger partial charge in [0.05, 0.1) is 10.8 Å². The Labute approximate surface area is 362 Å². The molecule has 0 N–H and O–H groups in total. The first kappa shape index (κ1) is 37.0. The van der Waals surface area contributed by atoms with Crippen molar-refractivity contribution in [1.82, 2.24) is 15.0 Å². The van der Waals surface area contributed by atoms with Crippen LogP contribution < -0.4 is 0 Å². The van der Waals surface area contributed by atoms with Crippen LogP contribution in [-0.4, -0.2) is 15.0 Å². The number of benzene rings is 9. The molecule has 10 aromatic rings. The molecule has 1 aliphatic carbocycles. The van der Waals surface area contributed by atoms with Gasteiger partial charge in [0.25, 0.3) is 0 Å². The summed E-state index contributed by atoms with van der Waals surface area (Å²) in [6.07, 6.45) is 0. The Kier molecular flexibility index (Phi) is 9.28. The van der Waals surface area contributed by atoms with Gasteiger partial charge >= 0.3 is 0 Å². The van der Waals surface area contributed by atoms with Gasteiger partial charge in [-0.3, -0.25) is 0 Å². The van der Waals surface area contributed by atoms with E-state index in [2.05, 4.69) is 188 Å². The first-order valence-electron chi connectivity index (χ1n) is 21.2. The van der Waals surface area contributed by atoms with Gasteiger partial charge in [0.1, 0.15) is 0 Å². The minimum atomic E-state index is -0.700. The van der Waals surface area contributed by atoms with Crippen molar-refractivity contribution in [2.45, 2.75) is 10.8 Å². The van der Waals surface area contributed by atoms with E-state index >= 15 is 0 Å². The third-order valence-corrected chi connectivity index (χ3v) is 12.6. The lowest BCUT2D eigenvalue weighted by Crippen LogP contribution is -2.54. The first-order valence-corrected chi connectivity index (χ1v) is 21.2. The van der Waals surface area contributed by atoms with Gasteiger partial charge in [-0.15, -0.1) is 0 Å². The van der Waals surface area contributed by atoms with Crippen LogP contribution in [0.1, 0.15) is 33.4 Å². The van der Waals surface area contributed by atoms with E-state index in [1.807, 2.05) is 60.7 Å². The minimum Gasteiger partial charge on any atom is -0.208 e. The average molecular weight is 792 g/mol. The van der Waals surface area contributed by atoms with Crippen LogP contribution in [0.15, 0.2) is 249 Å². The molecule has 1 heterocycles. The van der Waals surface area contributed by atoms with E-state index in [1.165, 1.54) is 44.5 Å². The lowest BCUT2D eigenvalue weighted by Gasteiger charge is -2.57. The molecular formula is C59H41N3. The van der Waals surface area contributed by atoms with Gasteiger partial charge in [0, 0.05) is 16.7 Å². The Morgan fingerprint density at radius 3 is 1.03 bits per heavy atom. The highest BCUT2D eigenvalue weighted by molar-refractivity contribution is 5.88. The topological polar surface area (TPSA) is 38.7 Å². The van der Waals surface area contributed by atoms with Gasteiger partial charge in [0.2, 0.25) is 0 Å². The second-order valence-electron chi connectivity index (χ2n) is 15.9. The molecule has 0 bridgehead atoms.